The quantitative estimate of drug-likeness (QED) is 0.0294. The summed E-state index contributed by atoms with van der Waals surface area (Å²) in [7, 11) is 0. The predicted octanol–water partition coefficient (Wildman–Crippen LogP) is 9.85. The van der Waals surface area contributed by atoms with Crippen molar-refractivity contribution in [3.63, 3.8) is 0 Å². The molecule has 0 aromatic carbocycles. The highest BCUT2D eigenvalue weighted by molar-refractivity contribution is 5.76. The second-order valence-electron chi connectivity index (χ2n) is 18.5. The van der Waals surface area contributed by atoms with Gasteiger partial charge in [0.25, 0.3) is 0 Å². The minimum Gasteiger partial charge on any atom is -0.390 e. The molecule has 8 unspecified atom stereocenters. The van der Waals surface area contributed by atoms with Crippen LogP contribution in [-0.4, -0.2) is 99.5 Å². The maximum absolute atomic E-state index is 13.1. The molecular formula is C50H98N2O9. The molecule has 11 nitrogen and oxygen atoms in total. The molecule has 0 radical (unpaired) electrons. The van der Waals surface area contributed by atoms with E-state index in [-0.39, 0.29) is 31.4 Å². The Morgan fingerprint density at radius 2 is 0.918 bits per heavy atom. The van der Waals surface area contributed by atoms with Crippen molar-refractivity contribution in [2.24, 2.45) is 0 Å². The smallest absolute Gasteiger partial charge is 0.220 e. The van der Waals surface area contributed by atoms with E-state index in [4.69, 9.17) is 9.47 Å². The number of unbranched alkanes of at least 4 members (excludes halogenated alkanes) is 31. The van der Waals surface area contributed by atoms with Crippen LogP contribution in [0.25, 0.3) is 0 Å². The predicted molar refractivity (Wildman–Crippen MR) is 248 cm³/mol. The normalized spacial score (nSPS) is 20.7. The first kappa shape index (κ1) is 57.7. The molecule has 1 fully saturated rings. The van der Waals surface area contributed by atoms with Gasteiger partial charge in [-0.2, -0.15) is 0 Å². The molecule has 0 aromatic rings. The average Bonchev–Trinajstić information content (AvgIpc) is 3.24. The van der Waals surface area contributed by atoms with Crippen LogP contribution < -0.4 is 10.6 Å². The van der Waals surface area contributed by atoms with Gasteiger partial charge in [-0.15, -0.1) is 0 Å². The van der Waals surface area contributed by atoms with E-state index in [1.165, 1.54) is 167 Å². The number of carbonyl (C=O) groups is 2. The molecule has 1 rings (SSSR count). The highest BCUT2D eigenvalue weighted by Gasteiger charge is 2.45. The summed E-state index contributed by atoms with van der Waals surface area (Å²) in [6.45, 7) is 5.41. The lowest BCUT2D eigenvalue weighted by atomic mass is 9.98. The van der Waals surface area contributed by atoms with Crippen LogP contribution in [0.4, 0.5) is 0 Å². The third-order valence-electron chi connectivity index (χ3n) is 12.7. The number of nitrogens with one attached hydrogen (secondary N) is 2. The van der Waals surface area contributed by atoms with E-state index < -0.39 is 49.0 Å². The fourth-order valence-corrected chi connectivity index (χ4v) is 8.52. The minimum atomic E-state index is -1.61. The molecule has 0 aliphatic carbocycles. The van der Waals surface area contributed by atoms with Crippen LogP contribution in [0, 0.1) is 0 Å². The van der Waals surface area contributed by atoms with E-state index in [2.05, 4.69) is 24.5 Å². The summed E-state index contributed by atoms with van der Waals surface area (Å²) in [6, 6.07) is -0.997. The van der Waals surface area contributed by atoms with Crippen LogP contribution in [0.5, 0.6) is 0 Å². The van der Waals surface area contributed by atoms with Crippen molar-refractivity contribution >= 4 is 11.8 Å². The lowest BCUT2D eigenvalue weighted by Crippen LogP contribution is -2.61. The Hall–Kier alpha value is -1.34. The van der Waals surface area contributed by atoms with Crippen LogP contribution in [0.1, 0.15) is 245 Å². The molecule has 1 aliphatic rings. The van der Waals surface area contributed by atoms with E-state index in [1.54, 1.807) is 0 Å². The van der Waals surface area contributed by atoms with E-state index in [0.29, 0.717) is 6.42 Å². The van der Waals surface area contributed by atoms with Gasteiger partial charge in [0.05, 0.1) is 18.8 Å². The first-order valence-corrected chi connectivity index (χ1v) is 25.8. The van der Waals surface area contributed by atoms with E-state index in [1.807, 2.05) is 0 Å². The Balaban J connectivity index is 2.40. The number of aliphatic hydroxyl groups excluding tert-OH is 5. The standard InChI is InChI=1S/C50H98N2O9/c1-4-6-8-10-12-14-16-18-19-20-21-22-23-24-25-26-28-30-32-34-36-38-45(55)52-42(40-60-50-49(59)48(58)47(57)44(61-50)39-51-41(3)53)46(56)43(54)37-35-33-31-29-27-17-15-13-11-9-7-5-2/h42-44,46-50,54,56-59H,4-40H2,1-3H3,(H,51,53)(H,52,55). The molecule has 1 aliphatic heterocycles. The van der Waals surface area contributed by atoms with Crippen molar-refractivity contribution in [2.45, 2.75) is 294 Å². The first-order valence-electron chi connectivity index (χ1n) is 25.8. The van der Waals surface area contributed by atoms with Gasteiger partial charge >= 0.3 is 0 Å². The highest BCUT2D eigenvalue weighted by Crippen LogP contribution is 2.23. The van der Waals surface area contributed by atoms with Gasteiger partial charge in [0, 0.05) is 19.9 Å². The number of amides is 2. The second kappa shape index (κ2) is 40.2. The molecule has 8 atom stereocenters. The van der Waals surface area contributed by atoms with Crippen molar-refractivity contribution in [1.29, 1.82) is 0 Å². The summed E-state index contributed by atoms with van der Waals surface area (Å²) in [6.07, 6.45) is 32.5. The minimum absolute atomic E-state index is 0.111. The van der Waals surface area contributed by atoms with Crippen molar-refractivity contribution in [1.82, 2.24) is 10.6 Å². The first-order chi connectivity index (χ1) is 29.6. The zero-order valence-electron chi connectivity index (χ0n) is 39.7. The summed E-state index contributed by atoms with van der Waals surface area (Å²) in [4.78, 5) is 24.6. The third kappa shape index (κ3) is 31.2. The number of ether oxygens (including phenoxy) is 2. The van der Waals surface area contributed by atoms with E-state index >= 15 is 0 Å². The van der Waals surface area contributed by atoms with E-state index in [9.17, 15) is 35.1 Å². The van der Waals surface area contributed by atoms with Gasteiger partial charge in [-0.3, -0.25) is 9.59 Å². The monoisotopic (exact) mass is 871 g/mol. The van der Waals surface area contributed by atoms with Crippen LogP contribution in [-0.2, 0) is 19.1 Å². The Kier molecular flexibility index (Phi) is 38.0. The van der Waals surface area contributed by atoms with Gasteiger partial charge in [0.1, 0.15) is 30.5 Å². The van der Waals surface area contributed by atoms with Crippen LogP contribution in [0.15, 0.2) is 0 Å². The molecule has 0 bridgehead atoms. The summed E-state index contributed by atoms with van der Waals surface area (Å²) in [5.41, 5.74) is 0. The topological polar surface area (TPSA) is 178 Å². The summed E-state index contributed by atoms with van der Waals surface area (Å²) in [5, 5.41) is 59.1. The van der Waals surface area contributed by atoms with Gasteiger partial charge in [-0.25, -0.2) is 0 Å². The van der Waals surface area contributed by atoms with Gasteiger partial charge < -0.3 is 45.6 Å². The summed E-state index contributed by atoms with van der Waals surface area (Å²) in [5.74, 6) is -0.607. The molecule has 2 amide bonds. The fourth-order valence-electron chi connectivity index (χ4n) is 8.52. The van der Waals surface area contributed by atoms with Gasteiger partial charge in [0.2, 0.25) is 11.8 Å². The maximum Gasteiger partial charge on any atom is 0.220 e. The zero-order valence-corrected chi connectivity index (χ0v) is 39.7. The molecule has 0 spiro atoms. The Morgan fingerprint density at radius 3 is 1.31 bits per heavy atom. The van der Waals surface area contributed by atoms with Gasteiger partial charge in [-0.05, 0) is 12.8 Å². The van der Waals surface area contributed by atoms with Crippen LogP contribution in [0.3, 0.4) is 0 Å². The summed E-state index contributed by atoms with van der Waals surface area (Å²) < 4.78 is 11.5. The molecule has 1 saturated heterocycles. The maximum atomic E-state index is 13.1. The number of hydrogen-bond donors (Lipinski definition) is 7. The number of carbonyl (C=O) groups excluding carboxylic acids is 2. The molecule has 0 saturated carbocycles. The fraction of sp³-hybridized carbons (Fsp3) is 0.960. The number of aliphatic hydroxyl groups is 5. The largest absolute Gasteiger partial charge is 0.390 e. The summed E-state index contributed by atoms with van der Waals surface area (Å²) >= 11 is 0. The lowest BCUT2D eigenvalue weighted by Gasteiger charge is -2.41. The van der Waals surface area contributed by atoms with Gasteiger partial charge in [0.15, 0.2) is 6.29 Å². The molecule has 362 valence electrons. The average molecular weight is 871 g/mol. The lowest BCUT2D eigenvalue weighted by molar-refractivity contribution is -0.297. The zero-order chi connectivity index (χ0) is 44.8. The van der Waals surface area contributed by atoms with Crippen molar-refractivity contribution in [2.75, 3.05) is 13.2 Å². The van der Waals surface area contributed by atoms with Gasteiger partial charge in [-0.1, -0.05) is 219 Å². The number of hydrogen-bond acceptors (Lipinski definition) is 9. The molecule has 11 heteroatoms. The molecule has 0 aromatic heterocycles. The SMILES string of the molecule is CCCCCCCCCCCCCCCCCCCCCCCC(=O)NC(COC1OC(CNC(C)=O)C(O)C(O)C1O)C(O)C(O)CCCCCCCCCCCCCC. The number of rotatable bonds is 43. The van der Waals surface area contributed by atoms with Crippen molar-refractivity contribution < 1.29 is 44.6 Å². The molecule has 1 heterocycles. The molecule has 61 heavy (non-hydrogen) atoms. The van der Waals surface area contributed by atoms with Crippen LogP contribution in [0.2, 0.25) is 0 Å². The second-order valence-corrected chi connectivity index (χ2v) is 18.5. The Labute approximate surface area is 373 Å². The molecular weight excluding hydrogens is 773 g/mol. The Morgan fingerprint density at radius 1 is 0.541 bits per heavy atom. The van der Waals surface area contributed by atoms with E-state index in [0.717, 1.165) is 51.4 Å². The highest BCUT2D eigenvalue weighted by atomic mass is 16.7. The van der Waals surface area contributed by atoms with Crippen LogP contribution >= 0.6 is 0 Å². The molecule has 7 N–H and O–H groups in total. The van der Waals surface area contributed by atoms with Crippen molar-refractivity contribution in [3.8, 4) is 0 Å². The Bertz CT molecular complexity index is 1010. The third-order valence-corrected chi connectivity index (χ3v) is 12.7. The van der Waals surface area contributed by atoms with Crippen molar-refractivity contribution in [3.05, 3.63) is 0 Å².